The summed E-state index contributed by atoms with van der Waals surface area (Å²) in [5.74, 6) is 0.690. The van der Waals surface area contributed by atoms with Crippen molar-refractivity contribution in [3.8, 4) is 0 Å². The van der Waals surface area contributed by atoms with E-state index in [9.17, 15) is 9.90 Å². The zero-order valence-corrected chi connectivity index (χ0v) is 16.1. The normalized spacial score (nSPS) is 18.3. The van der Waals surface area contributed by atoms with Crippen LogP contribution in [0.3, 0.4) is 0 Å². The van der Waals surface area contributed by atoms with E-state index in [1.54, 1.807) is 0 Å². The number of fused-ring (bicyclic) bond motifs is 2. The molecule has 3 aromatic rings. The summed E-state index contributed by atoms with van der Waals surface area (Å²) in [6, 6.07) is 9.56. The lowest BCUT2D eigenvalue weighted by Crippen LogP contribution is -2.24. The van der Waals surface area contributed by atoms with Crippen molar-refractivity contribution in [3.05, 3.63) is 58.7 Å². The Morgan fingerprint density at radius 3 is 2.81 bits per heavy atom. The summed E-state index contributed by atoms with van der Waals surface area (Å²) in [5, 5.41) is 14.4. The molecule has 27 heavy (non-hydrogen) atoms. The van der Waals surface area contributed by atoms with Crippen molar-refractivity contribution in [2.24, 2.45) is 5.41 Å². The fourth-order valence-corrected chi connectivity index (χ4v) is 4.09. The number of amides is 1. The van der Waals surface area contributed by atoms with E-state index in [1.165, 1.54) is 0 Å². The van der Waals surface area contributed by atoms with Gasteiger partial charge in [0, 0.05) is 28.6 Å². The predicted molar refractivity (Wildman–Crippen MR) is 105 cm³/mol. The maximum Gasteiger partial charge on any atom is 0.291 e. The minimum absolute atomic E-state index is 0.0527. The first kappa shape index (κ1) is 17.7. The summed E-state index contributed by atoms with van der Waals surface area (Å²) in [5.41, 5.74) is 3.81. The Kier molecular flexibility index (Phi) is 4.07. The van der Waals surface area contributed by atoms with Crippen LogP contribution in [-0.2, 0) is 6.42 Å². The SMILES string of the molecule is Cc1cc(NC(=O)c2oc3c(c2C)C(O)CC(C)(C)C3)c2ccccc2n1. The number of pyridine rings is 1. The van der Waals surface area contributed by atoms with Gasteiger partial charge in [-0.3, -0.25) is 9.78 Å². The number of carbonyl (C=O) groups is 1. The molecular weight excluding hydrogens is 340 g/mol. The number of hydrogen-bond donors (Lipinski definition) is 2. The Labute approximate surface area is 158 Å². The van der Waals surface area contributed by atoms with Gasteiger partial charge in [-0.2, -0.15) is 0 Å². The number of hydrogen-bond acceptors (Lipinski definition) is 4. The third-order valence-electron chi connectivity index (χ3n) is 5.29. The molecule has 5 nitrogen and oxygen atoms in total. The summed E-state index contributed by atoms with van der Waals surface area (Å²) < 4.78 is 5.93. The van der Waals surface area contributed by atoms with Gasteiger partial charge in [0.25, 0.3) is 5.91 Å². The van der Waals surface area contributed by atoms with Gasteiger partial charge >= 0.3 is 0 Å². The highest BCUT2D eigenvalue weighted by Gasteiger charge is 2.37. The molecule has 2 heterocycles. The highest BCUT2D eigenvalue weighted by molar-refractivity contribution is 6.08. The second-order valence-corrected chi connectivity index (χ2v) is 8.24. The highest BCUT2D eigenvalue weighted by Crippen LogP contribution is 2.44. The zero-order valence-electron chi connectivity index (χ0n) is 16.1. The van der Waals surface area contributed by atoms with Gasteiger partial charge in [0.05, 0.1) is 17.3 Å². The standard InChI is InChI=1S/C22H24N2O3/c1-12-9-16(14-7-5-6-8-15(14)23-12)24-21(26)20-13(2)19-17(25)10-22(3,4)11-18(19)27-20/h5-9,17,25H,10-11H2,1-4H3,(H,23,24,26). The van der Waals surface area contributed by atoms with Crippen molar-refractivity contribution in [3.63, 3.8) is 0 Å². The number of aliphatic hydroxyl groups is 1. The molecule has 2 aromatic heterocycles. The molecular formula is C22H24N2O3. The molecule has 5 heteroatoms. The summed E-state index contributed by atoms with van der Waals surface area (Å²) in [4.78, 5) is 17.5. The van der Waals surface area contributed by atoms with Crippen LogP contribution in [0.2, 0.25) is 0 Å². The predicted octanol–water partition coefficient (Wildman–Crippen LogP) is 4.70. The van der Waals surface area contributed by atoms with E-state index in [2.05, 4.69) is 24.1 Å². The highest BCUT2D eigenvalue weighted by atomic mass is 16.4. The van der Waals surface area contributed by atoms with Gasteiger partial charge in [-0.1, -0.05) is 32.0 Å². The first-order valence-corrected chi connectivity index (χ1v) is 9.23. The topological polar surface area (TPSA) is 75.4 Å². The van der Waals surface area contributed by atoms with Gasteiger partial charge in [0.1, 0.15) is 5.76 Å². The fourth-order valence-electron chi connectivity index (χ4n) is 4.09. The van der Waals surface area contributed by atoms with Gasteiger partial charge in [0.2, 0.25) is 0 Å². The number of anilines is 1. The number of rotatable bonds is 2. The average molecular weight is 364 g/mol. The van der Waals surface area contributed by atoms with E-state index in [0.717, 1.165) is 33.5 Å². The quantitative estimate of drug-likeness (QED) is 0.691. The minimum atomic E-state index is -0.599. The van der Waals surface area contributed by atoms with E-state index < -0.39 is 6.10 Å². The van der Waals surface area contributed by atoms with Crippen LogP contribution in [0.4, 0.5) is 5.69 Å². The van der Waals surface area contributed by atoms with Crippen LogP contribution in [0, 0.1) is 19.3 Å². The van der Waals surface area contributed by atoms with E-state index >= 15 is 0 Å². The van der Waals surface area contributed by atoms with Crippen LogP contribution >= 0.6 is 0 Å². The van der Waals surface area contributed by atoms with Crippen LogP contribution < -0.4 is 5.32 Å². The number of furan rings is 1. The Bertz CT molecular complexity index is 1050. The molecule has 0 radical (unpaired) electrons. The molecule has 1 atom stereocenters. The third-order valence-corrected chi connectivity index (χ3v) is 5.29. The summed E-state index contributed by atoms with van der Waals surface area (Å²) in [7, 11) is 0. The largest absolute Gasteiger partial charge is 0.455 e. The minimum Gasteiger partial charge on any atom is -0.455 e. The first-order valence-electron chi connectivity index (χ1n) is 9.23. The second kappa shape index (κ2) is 6.20. The molecule has 2 N–H and O–H groups in total. The van der Waals surface area contributed by atoms with Gasteiger partial charge in [-0.15, -0.1) is 0 Å². The lowest BCUT2D eigenvalue weighted by Gasteiger charge is -2.31. The van der Waals surface area contributed by atoms with Crippen molar-refractivity contribution in [1.82, 2.24) is 4.98 Å². The number of aromatic nitrogens is 1. The van der Waals surface area contributed by atoms with E-state index in [1.807, 2.05) is 44.2 Å². The van der Waals surface area contributed by atoms with Crippen molar-refractivity contribution in [2.45, 2.75) is 46.6 Å². The first-order chi connectivity index (χ1) is 12.7. The molecule has 1 amide bonds. The van der Waals surface area contributed by atoms with Crippen LogP contribution in [0.25, 0.3) is 10.9 Å². The Morgan fingerprint density at radius 1 is 1.30 bits per heavy atom. The second-order valence-electron chi connectivity index (χ2n) is 8.24. The van der Waals surface area contributed by atoms with E-state index in [4.69, 9.17) is 4.42 Å². The summed E-state index contributed by atoms with van der Waals surface area (Å²) >= 11 is 0. The van der Waals surface area contributed by atoms with Crippen LogP contribution in [0.15, 0.2) is 34.7 Å². The molecule has 0 fully saturated rings. The lowest BCUT2D eigenvalue weighted by molar-refractivity contribution is 0.0910. The lowest BCUT2D eigenvalue weighted by atomic mass is 9.75. The molecule has 1 aliphatic rings. The van der Waals surface area contributed by atoms with Gasteiger partial charge in [-0.25, -0.2) is 0 Å². The number of aryl methyl sites for hydroxylation is 1. The molecule has 0 aliphatic heterocycles. The molecule has 0 saturated carbocycles. The molecule has 4 rings (SSSR count). The van der Waals surface area contributed by atoms with Crippen molar-refractivity contribution in [2.75, 3.05) is 5.32 Å². The number of benzene rings is 1. The maximum absolute atomic E-state index is 13.0. The molecule has 140 valence electrons. The fraction of sp³-hybridized carbons (Fsp3) is 0.364. The Morgan fingerprint density at radius 2 is 2.04 bits per heavy atom. The number of nitrogens with one attached hydrogen (secondary N) is 1. The third kappa shape index (κ3) is 3.12. The van der Waals surface area contributed by atoms with Gasteiger partial charge < -0.3 is 14.8 Å². The van der Waals surface area contributed by atoms with Crippen molar-refractivity contribution >= 4 is 22.5 Å². The molecule has 0 spiro atoms. The van der Waals surface area contributed by atoms with E-state index in [0.29, 0.717) is 18.5 Å². The number of nitrogens with zero attached hydrogens (tertiary/aromatic N) is 1. The molecule has 1 aliphatic carbocycles. The van der Waals surface area contributed by atoms with Crippen LogP contribution in [0.1, 0.15) is 59.5 Å². The Balaban J connectivity index is 1.72. The van der Waals surface area contributed by atoms with Gasteiger partial charge in [0.15, 0.2) is 5.76 Å². The Hall–Kier alpha value is -2.66. The monoisotopic (exact) mass is 364 g/mol. The van der Waals surface area contributed by atoms with Crippen LogP contribution in [0.5, 0.6) is 0 Å². The van der Waals surface area contributed by atoms with Crippen molar-refractivity contribution < 1.29 is 14.3 Å². The molecule has 1 unspecified atom stereocenters. The number of aliphatic hydroxyl groups excluding tert-OH is 1. The smallest absolute Gasteiger partial charge is 0.291 e. The van der Waals surface area contributed by atoms with Crippen molar-refractivity contribution in [1.29, 1.82) is 0 Å². The average Bonchev–Trinajstić information content (AvgIpc) is 2.90. The zero-order chi connectivity index (χ0) is 19.3. The number of carbonyl (C=O) groups excluding carboxylic acids is 1. The summed E-state index contributed by atoms with van der Waals surface area (Å²) in [6.07, 6.45) is 0.776. The maximum atomic E-state index is 13.0. The van der Waals surface area contributed by atoms with Gasteiger partial charge in [-0.05, 0) is 37.8 Å². The molecule has 0 saturated heterocycles. The van der Waals surface area contributed by atoms with E-state index in [-0.39, 0.29) is 17.1 Å². The molecule has 1 aromatic carbocycles. The molecule has 0 bridgehead atoms. The van der Waals surface area contributed by atoms with Crippen LogP contribution in [-0.4, -0.2) is 16.0 Å². The number of para-hydroxylation sites is 1. The summed E-state index contributed by atoms with van der Waals surface area (Å²) in [6.45, 7) is 7.94.